The van der Waals surface area contributed by atoms with Gasteiger partial charge in [0.05, 0.1) is 0 Å². The molecule has 0 spiro atoms. The lowest BCUT2D eigenvalue weighted by atomic mass is 9.41. The molecule has 0 bridgehead atoms. The maximum atomic E-state index is 12.7. The zero-order valence-corrected chi connectivity index (χ0v) is 25.7. The highest BCUT2D eigenvalue weighted by Gasteiger charge is 2.64. The van der Waals surface area contributed by atoms with Crippen LogP contribution in [0.4, 0.5) is 4.79 Å². The number of allylic oxidation sites excluding steroid dienone is 1. The maximum absolute atomic E-state index is 12.7. The minimum absolute atomic E-state index is 0.0834. The standard InChI is InChI=1S/C33H53NO6/c1-21(2)8-7-9-22(3)25-10-11-26-32(25,5)17-14-27-31(4)16-13-24(18-23(31)12-15-33(26,27)6)40-30(39)34(19-28(35)36)20-29(37)38/h12,21-22,24-27H,7-11,13-20H2,1-6H3,(H,35,36)(H,37,38). The van der Waals surface area contributed by atoms with E-state index in [4.69, 9.17) is 14.9 Å². The molecule has 3 fully saturated rings. The lowest BCUT2D eigenvalue weighted by Gasteiger charge is -2.63. The van der Waals surface area contributed by atoms with Gasteiger partial charge in [-0.15, -0.1) is 0 Å². The van der Waals surface area contributed by atoms with Crippen molar-refractivity contribution < 1.29 is 29.3 Å². The fourth-order valence-corrected chi connectivity index (χ4v) is 10.1. The second-order valence-corrected chi connectivity index (χ2v) is 14.9. The third-order valence-corrected chi connectivity index (χ3v) is 12.0. The van der Waals surface area contributed by atoms with E-state index in [1.165, 1.54) is 50.5 Å². The van der Waals surface area contributed by atoms with E-state index in [1.54, 1.807) is 0 Å². The third-order valence-electron chi connectivity index (χ3n) is 12.0. The molecule has 8 atom stereocenters. The van der Waals surface area contributed by atoms with Crippen molar-refractivity contribution in [2.75, 3.05) is 13.1 Å². The Morgan fingerprint density at radius 3 is 2.23 bits per heavy atom. The van der Waals surface area contributed by atoms with Crippen molar-refractivity contribution in [1.82, 2.24) is 4.90 Å². The molecule has 0 aromatic heterocycles. The number of carbonyl (C=O) groups excluding carboxylic acids is 1. The predicted octanol–water partition coefficient (Wildman–Crippen LogP) is 7.39. The van der Waals surface area contributed by atoms with Crippen LogP contribution in [-0.4, -0.2) is 52.3 Å². The molecule has 4 aliphatic carbocycles. The van der Waals surface area contributed by atoms with Crippen LogP contribution in [0.15, 0.2) is 11.6 Å². The number of rotatable bonds is 10. The van der Waals surface area contributed by atoms with Gasteiger partial charge in [0, 0.05) is 6.42 Å². The number of hydrogen-bond acceptors (Lipinski definition) is 4. The average molecular weight is 560 g/mol. The van der Waals surface area contributed by atoms with E-state index < -0.39 is 31.1 Å². The Kier molecular flexibility index (Phi) is 9.02. The largest absolute Gasteiger partial charge is 0.480 e. The summed E-state index contributed by atoms with van der Waals surface area (Å²) in [5, 5.41) is 18.2. The Balaban J connectivity index is 1.46. The minimum atomic E-state index is -1.26. The molecule has 1 amide bonds. The summed E-state index contributed by atoms with van der Waals surface area (Å²) in [7, 11) is 0. The molecule has 7 heteroatoms. The highest BCUT2D eigenvalue weighted by atomic mass is 16.6. The summed E-state index contributed by atoms with van der Waals surface area (Å²) < 4.78 is 5.70. The zero-order valence-electron chi connectivity index (χ0n) is 25.7. The molecule has 0 radical (unpaired) electrons. The van der Waals surface area contributed by atoms with Crippen LogP contribution >= 0.6 is 0 Å². The topological polar surface area (TPSA) is 104 Å². The number of carboxylic acids is 2. The fourth-order valence-electron chi connectivity index (χ4n) is 10.1. The number of amides is 1. The highest BCUT2D eigenvalue weighted by Crippen LogP contribution is 2.72. The second-order valence-electron chi connectivity index (χ2n) is 14.9. The van der Waals surface area contributed by atoms with Gasteiger partial charge in [0.15, 0.2) is 0 Å². The Morgan fingerprint density at radius 1 is 0.925 bits per heavy atom. The number of hydrogen-bond donors (Lipinski definition) is 2. The Morgan fingerprint density at radius 2 is 1.60 bits per heavy atom. The first kappa shape index (κ1) is 30.9. The molecule has 0 aromatic carbocycles. The first-order valence-electron chi connectivity index (χ1n) is 15.8. The average Bonchev–Trinajstić information content (AvgIpc) is 3.21. The summed E-state index contributed by atoms with van der Waals surface area (Å²) in [4.78, 5) is 35.8. The van der Waals surface area contributed by atoms with Crippen LogP contribution in [0.25, 0.3) is 0 Å². The monoisotopic (exact) mass is 559 g/mol. The van der Waals surface area contributed by atoms with Crippen LogP contribution in [0.5, 0.6) is 0 Å². The van der Waals surface area contributed by atoms with Gasteiger partial charge in [-0.25, -0.2) is 4.79 Å². The maximum Gasteiger partial charge on any atom is 0.411 e. The SMILES string of the molecule is CC(C)CCCC(C)C1CCC2C1(C)CCC1C3(C)CCC(OC(=O)N(CC(=O)O)CC(=O)O)CC3=CCC12C. The van der Waals surface area contributed by atoms with Crippen LogP contribution in [0.2, 0.25) is 0 Å². The second kappa shape index (κ2) is 11.7. The van der Waals surface area contributed by atoms with Crippen molar-refractivity contribution in [2.24, 2.45) is 45.8 Å². The molecule has 0 saturated heterocycles. The first-order chi connectivity index (χ1) is 18.7. The molecule has 0 aromatic rings. The van der Waals surface area contributed by atoms with E-state index in [9.17, 15) is 14.4 Å². The molecular weight excluding hydrogens is 506 g/mol. The van der Waals surface area contributed by atoms with Crippen molar-refractivity contribution in [3.63, 3.8) is 0 Å². The lowest BCUT2D eigenvalue weighted by molar-refractivity contribution is -0.141. The van der Waals surface area contributed by atoms with Crippen molar-refractivity contribution in [2.45, 2.75) is 118 Å². The van der Waals surface area contributed by atoms with Crippen LogP contribution in [0.3, 0.4) is 0 Å². The number of aliphatic carboxylic acids is 2. The Bertz CT molecular complexity index is 991. The summed E-state index contributed by atoms with van der Waals surface area (Å²) >= 11 is 0. The molecule has 0 aliphatic heterocycles. The third kappa shape index (κ3) is 5.81. The summed E-state index contributed by atoms with van der Waals surface area (Å²) in [6.45, 7) is 13.4. The molecular formula is C33H53NO6. The zero-order chi connectivity index (χ0) is 29.5. The molecule has 4 aliphatic rings. The van der Waals surface area contributed by atoms with Gasteiger partial charge in [0.25, 0.3) is 0 Å². The number of ether oxygens (including phenoxy) is 1. The number of carboxylic acid groups (broad SMARTS) is 2. The van der Waals surface area contributed by atoms with Crippen LogP contribution in [0, 0.1) is 45.8 Å². The van der Waals surface area contributed by atoms with Gasteiger partial charge in [-0.05, 0) is 90.8 Å². The fraction of sp³-hybridized carbons (Fsp3) is 0.848. The quantitative estimate of drug-likeness (QED) is 0.270. The smallest absolute Gasteiger partial charge is 0.411 e. The lowest BCUT2D eigenvalue weighted by Crippen LogP contribution is -2.56. The molecule has 7 nitrogen and oxygen atoms in total. The van der Waals surface area contributed by atoms with Gasteiger partial charge in [0.1, 0.15) is 19.2 Å². The normalized spacial score (nSPS) is 37.5. The highest BCUT2D eigenvalue weighted by molar-refractivity contribution is 5.81. The Labute approximate surface area is 241 Å². The number of fused-ring (bicyclic) bond motifs is 5. The van der Waals surface area contributed by atoms with Gasteiger partial charge in [0.2, 0.25) is 0 Å². The Hall–Kier alpha value is -2.05. The van der Waals surface area contributed by atoms with Crippen molar-refractivity contribution in [1.29, 1.82) is 0 Å². The molecule has 4 rings (SSSR count). The summed E-state index contributed by atoms with van der Waals surface area (Å²) in [6.07, 6.45) is 13.9. The minimum Gasteiger partial charge on any atom is -0.480 e. The predicted molar refractivity (Wildman–Crippen MR) is 155 cm³/mol. The van der Waals surface area contributed by atoms with Crippen molar-refractivity contribution in [3.05, 3.63) is 11.6 Å². The van der Waals surface area contributed by atoms with Gasteiger partial charge >= 0.3 is 18.0 Å². The van der Waals surface area contributed by atoms with E-state index in [0.717, 1.165) is 47.8 Å². The summed E-state index contributed by atoms with van der Waals surface area (Å²) in [6, 6.07) is 0. The first-order valence-corrected chi connectivity index (χ1v) is 15.8. The molecule has 40 heavy (non-hydrogen) atoms. The molecule has 8 unspecified atom stereocenters. The molecule has 2 N–H and O–H groups in total. The summed E-state index contributed by atoms with van der Waals surface area (Å²) in [5.41, 5.74) is 2.15. The van der Waals surface area contributed by atoms with E-state index in [1.807, 2.05) is 0 Å². The van der Waals surface area contributed by atoms with E-state index in [0.29, 0.717) is 17.8 Å². The molecule has 0 heterocycles. The van der Waals surface area contributed by atoms with Crippen molar-refractivity contribution >= 4 is 18.0 Å². The molecule has 3 saturated carbocycles. The van der Waals surface area contributed by atoms with Crippen LogP contribution in [0.1, 0.15) is 112 Å². The van der Waals surface area contributed by atoms with Crippen LogP contribution in [-0.2, 0) is 14.3 Å². The van der Waals surface area contributed by atoms with E-state index in [2.05, 4.69) is 47.6 Å². The van der Waals surface area contributed by atoms with Gasteiger partial charge < -0.3 is 14.9 Å². The van der Waals surface area contributed by atoms with Crippen molar-refractivity contribution in [3.8, 4) is 0 Å². The van der Waals surface area contributed by atoms with Gasteiger partial charge in [-0.1, -0.05) is 72.5 Å². The number of nitrogens with zero attached hydrogens (tertiary/aromatic N) is 1. The number of carbonyl (C=O) groups is 3. The van der Waals surface area contributed by atoms with Gasteiger partial charge in [-0.2, -0.15) is 0 Å². The van der Waals surface area contributed by atoms with E-state index >= 15 is 0 Å². The van der Waals surface area contributed by atoms with E-state index in [-0.39, 0.29) is 16.9 Å². The summed E-state index contributed by atoms with van der Waals surface area (Å²) in [5.74, 6) is 1.22. The molecule has 226 valence electrons. The van der Waals surface area contributed by atoms with Crippen LogP contribution < -0.4 is 0 Å². The van der Waals surface area contributed by atoms with Gasteiger partial charge in [-0.3, -0.25) is 14.5 Å².